The summed E-state index contributed by atoms with van der Waals surface area (Å²) in [7, 11) is 3.96. The normalized spacial score (nSPS) is 12.6. The molecule has 0 amide bonds. The van der Waals surface area contributed by atoms with Crippen molar-refractivity contribution in [3.05, 3.63) is 46.7 Å². The van der Waals surface area contributed by atoms with Crippen molar-refractivity contribution in [1.29, 1.82) is 0 Å². The van der Waals surface area contributed by atoms with Crippen LogP contribution in [0.25, 0.3) is 0 Å². The van der Waals surface area contributed by atoms with Crippen LogP contribution in [-0.4, -0.2) is 22.6 Å². The highest BCUT2D eigenvalue weighted by Crippen LogP contribution is 2.25. The third kappa shape index (κ3) is 3.37. The van der Waals surface area contributed by atoms with E-state index in [1.807, 2.05) is 36.7 Å². The molecule has 0 fully saturated rings. The molecule has 2 rings (SSSR count). The number of rotatable bonds is 5. The van der Waals surface area contributed by atoms with Crippen LogP contribution in [-0.2, 0) is 7.05 Å². The summed E-state index contributed by atoms with van der Waals surface area (Å²) in [6.45, 7) is 0. The van der Waals surface area contributed by atoms with Crippen molar-refractivity contribution in [1.82, 2.24) is 15.1 Å². The fourth-order valence-corrected chi connectivity index (χ4v) is 3.04. The van der Waals surface area contributed by atoms with E-state index in [0.29, 0.717) is 6.04 Å². The van der Waals surface area contributed by atoms with Crippen LogP contribution in [0.1, 0.15) is 11.7 Å². The van der Waals surface area contributed by atoms with Crippen LogP contribution in [0.3, 0.4) is 0 Å². The molecule has 3 nitrogen and oxygen atoms in total. The number of benzene rings is 1. The molecule has 5 heteroatoms. The van der Waals surface area contributed by atoms with E-state index in [-0.39, 0.29) is 0 Å². The Morgan fingerprint density at radius 3 is 2.61 bits per heavy atom. The number of aromatic nitrogens is 2. The van der Waals surface area contributed by atoms with E-state index in [9.17, 15) is 0 Å². The van der Waals surface area contributed by atoms with Gasteiger partial charge >= 0.3 is 0 Å². The maximum atomic E-state index is 4.21. The van der Waals surface area contributed by atoms with Crippen LogP contribution in [0.15, 0.2) is 45.9 Å². The molecule has 0 spiro atoms. The fourth-order valence-electron chi connectivity index (χ4n) is 1.75. The Bertz CT molecular complexity index is 495. The second kappa shape index (κ2) is 6.41. The van der Waals surface area contributed by atoms with Crippen molar-refractivity contribution in [3.8, 4) is 0 Å². The first-order valence-electron chi connectivity index (χ1n) is 5.74. The van der Waals surface area contributed by atoms with Gasteiger partial charge in [0.2, 0.25) is 0 Å². The molecule has 1 aromatic heterocycles. The van der Waals surface area contributed by atoms with Gasteiger partial charge in [-0.15, -0.1) is 11.8 Å². The van der Waals surface area contributed by atoms with E-state index in [1.165, 1.54) is 10.6 Å². The largest absolute Gasteiger partial charge is 0.311 e. The monoisotopic (exact) mass is 325 g/mol. The Kier molecular flexibility index (Phi) is 4.86. The summed E-state index contributed by atoms with van der Waals surface area (Å²) < 4.78 is 3.03. The Hall–Kier alpha value is -0.780. The van der Waals surface area contributed by atoms with E-state index in [1.54, 1.807) is 0 Å². The third-order valence-electron chi connectivity index (χ3n) is 2.79. The first-order valence-corrected chi connectivity index (χ1v) is 7.52. The predicted octanol–water partition coefficient (Wildman–Crippen LogP) is 3.24. The molecule has 1 N–H and O–H groups in total. The SMILES string of the molecule is CNC(CSc1ccc(Br)cc1)c1ccnn1C. The highest BCUT2D eigenvalue weighted by molar-refractivity contribution is 9.10. The Labute approximate surface area is 120 Å². The molecule has 18 heavy (non-hydrogen) atoms. The van der Waals surface area contributed by atoms with E-state index in [2.05, 4.69) is 56.7 Å². The number of aryl methyl sites for hydroxylation is 1. The number of halogens is 1. The smallest absolute Gasteiger partial charge is 0.0584 e. The summed E-state index contributed by atoms with van der Waals surface area (Å²) in [4.78, 5) is 1.28. The van der Waals surface area contributed by atoms with Crippen LogP contribution in [0.2, 0.25) is 0 Å². The molecule has 0 aliphatic carbocycles. The van der Waals surface area contributed by atoms with Gasteiger partial charge in [0.05, 0.1) is 11.7 Å². The second-order valence-electron chi connectivity index (χ2n) is 3.99. The zero-order valence-electron chi connectivity index (χ0n) is 10.4. The molecule has 0 aliphatic rings. The Balaban J connectivity index is 2.00. The van der Waals surface area contributed by atoms with E-state index >= 15 is 0 Å². The van der Waals surface area contributed by atoms with Gasteiger partial charge in [-0.1, -0.05) is 15.9 Å². The lowest BCUT2D eigenvalue weighted by Crippen LogP contribution is -2.21. The van der Waals surface area contributed by atoms with Crippen LogP contribution in [0, 0.1) is 0 Å². The molecular weight excluding hydrogens is 310 g/mol. The fraction of sp³-hybridized carbons (Fsp3) is 0.308. The van der Waals surface area contributed by atoms with Gasteiger partial charge in [-0.2, -0.15) is 5.10 Å². The Morgan fingerprint density at radius 2 is 2.06 bits per heavy atom. The zero-order valence-corrected chi connectivity index (χ0v) is 12.8. The third-order valence-corrected chi connectivity index (χ3v) is 4.43. The summed E-state index contributed by atoms with van der Waals surface area (Å²) in [5.74, 6) is 0.984. The zero-order chi connectivity index (χ0) is 13.0. The van der Waals surface area contributed by atoms with Crippen molar-refractivity contribution in [2.45, 2.75) is 10.9 Å². The highest BCUT2D eigenvalue weighted by atomic mass is 79.9. The summed E-state index contributed by atoms with van der Waals surface area (Å²) >= 11 is 5.29. The van der Waals surface area contributed by atoms with Crippen molar-refractivity contribution < 1.29 is 0 Å². The minimum absolute atomic E-state index is 0.311. The minimum Gasteiger partial charge on any atom is -0.311 e. The van der Waals surface area contributed by atoms with Crippen molar-refractivity contribution in [2.75, 3.05) is 12.8 Å². The molecular formula is C13H16BrN3S. The van der Waals surface area contributed by atoms with Crippen LogP contribution in [0.5, 0.6) is 0 Å². The van der Waals surface area contributed by atoms with Crippen LogP contribution >= 0.6 is 27.7 Å². The van der Waals surface area contributed by atoms with Gasteiger partial charge in [0.25, 0.3) is 0 Å². The Morgan fingerprint density at radius 1 is 1.33 bits per heavy atom. The molecule has 0 radical (unpaired) electrons. The molecule has 0 bridgehead atoms. The van der Waals surface area contributed by atoms with Crippen LogP contribution < -0.4 is 5.32 Å². The van der Waals surface area contributed by atoms with Gasteiger partial charge in [0.15, 0.2) is 0 Å². The maximum absolute atomic E-state index is 4.21. The molecule has 96 valence electrons. The minimum atomic E-state index is 0.311. The summed E-state index contributed by atoms with van der Waals surface area (Å²) in [6, 6.07) is 10.8. The van der Waals surface area contributed by atoms with Gasteiger partial charge in [-0.25, -0.2) is 0 Å². The summed E-state index contributed by atoms with van der Waals surface area (Å²) in [5, 5.41) is 7.55. The maximum Gasteiger partial charge on any atom is 0.0584 e. The number of nitrogens with zero attached hydrogens (tertiary/aromatic N) is 2. The van der Waals surface area contributed by atoms with E-state index in [0.717, 1.165) is 10.2 Å². The average molecular weight is 326 g/mol. The lowest BCUT2D eigenvalue weighted by molar-refractivity contribution is 0.586. The number of hydrogen-bond donors (Lipinski definition) is 1. The summed E-state index contributed by atoms with van der Waals surface area (Å²) in [5.41, 5.74) is 1.21. The molecule has 0 aliphatic heterocycles. The molecule has 2 aromatic rings. The van der Waals surface area contributed by atoms with E-state index in [4.69, 9.17) is 0 Å². The lowest BCUT2D eigenvalue weighted by Gasteiger charge is -2.16. The van der Waals surface area contributed by atoms with Crippen molar-refractivity contribution in [3.63, 3.8) is 0 Å². The molecule has 0 saturated carbocycles. The first-order chi connectivity index (χ1) is 8.70. The molecule has 0 saturated heterocycles. The second-order valence-corrected chi connectivity index (χ2v) is 5.99. The molecule has 1 atom stereocenters. The van der Waals surface area contributed by atoms with Gasteiger partial charge in [-0.05, 0) is 37.4 Å². The standard InChI is InChI=1S/C13H16BrN3S/c1-15-12(13-7-8-16-17(13)2)9-18-11-5-3-10(14)4-6-11/h3-8,12,15H,9H2,1-2H3. The van der Waals surface area contributed by atoms with Crippen LogP contribution in [0.4, 0.5) is 0 Å². The number of thioether (sulfide) groups is 1. The lowest BCUT2D eigenvalue weighted by atomic mass is 10.2. The first kappa shape index (κ1) is 13.6. The number of nitrogens with one attached hydrogen (secondary N) is 1. The quantitative estimate of drug-likeness (QED) is 0.856. The van der Waals surface area contributed by atoms with Crippen molar-refractivity contribution >= 4 is 27.7 Å². The van der Waals surface area contributed by atoms with Gasteiger partial charge in [0, 0.05) is 28.4 Å². The molecule has 1 aromatic carbocycles. The average Bonchev–Trinajstić information content (AvgIpc) is 2.79. The van der Waals surface area contributed by atoms with Gasteiger partial charge in [0.1, 0.15) is 0 Å². The van der Waals surface area contributed by atoms with E-state index < -0.39 is 0 Å². The highest BCUT2D eigenvalue weighted by Gasteiger charge is 2.12. The predicted molar refractivity (Wildman–Crippen MR) is 79.9 cm³/mol. The van der Waals surface area contributed by atoms with Gasteiger partial charge < -0.3 is 5.32 Å². The topological polar surface area (TPSA) is 29.9 Å². The van der Waals surface area contributed by atoms with Crippen molar-refractivity contribution in [2.24, 2.45) is 7.05 Å². The number of hydrogen-bond acceptors (Lipinski definition) is 3. The molecule has 1 heterocycles. The van der Waals surface area contributed by atoms with Gasteiger partial charge in [-0.3, -0.25) is 4.68 Å². The summed E-state index contributed by atoms with van der Waals surface area (Å²) in [6.07, 6.45) is 1.84. The molecule has 1 unspecified atom stereocenters.